The Bertz CT molecular complexity index is 519. The lowest BCUT2D eigenvalue weighted by Gasteiger charge is -2.15. The molecule has 3 N–H and O–H groups in total. The zero-order valence-electron chi connectivity index (χ0n) is 12.8. The number of rotatable bonds is 7. The summed E-state index contributed by atoms with van der Waals surface area (Å²) in [6.07, 6.45) is 9.37. The molecule has 1 aromatic rings. The Labute approximate surface area is 131 Å². The van der Waals surface area contributed by atoms with Gasteiger partial charge in [0, 0.05) is 6.42 Å². The lowest BCUT2D eigenvalue weighted by atomic mass is 10.0. The highest BCUT2D eigenvalue weighted by molar-refractivity contribution is 5.86. The van der Waals surface area contributed by atoms with Gasteiger partial charge < -0.3 is 11.1 Å². The molecule has 0 aromatic heterocycles. The number of benzene rings is 1. The van der Waals surface area contributed by atoms with Crippen LogP contribution in [-0.4, -0.2) is 17.9 Å². The molecule has 118 valence electrons. The molecule has 4 nitrogen and oxygen atoms in total. The fourth-order valence-corrected chi connectivity index (χ4v) is 2.88. The van der Waals surface area contributed by atoms with E-state index >= 15 is 0 Å². The minimum absolute atomic E-state index is 0.0659. The van der Waals surface area contributed by atoms with E-state index in [0.717, 1.165) is 18.4 Å². The Kier molecular flexibility index (Phi) is 6.19. The fraction of sp³-hybridized carbons (Fsp3) is 0.444. The van der Waals surface area contributed by atoms with Crippen LogP contribution in [0.25, 0.3) is 6.08 Å². The number of carbonyl (C=O) groups excluding carboxylic acids is 2. The number of nitrogens with one attached hydrogen (secondary N) is 1. The molecule has 1 atom stereocenters. The van der Waals surface area contributed by atoms with E-state index in [9.17, 15) is 9.59 Å². The molecule has 1 aromatic carbocycles. The van der Waals surface area contributed by atoms with Crippen molar-refractivity contribution in [3.63, 3.8) is 0 Å². The van der Waals surface area contributed by atoms with Crippen LogP contribution in [0.1, 0.15) is 44.1 Å². The van der Waals surface area contributed by atoms with Crippen molar-refractivity contribution in [1.82, 2.24) is 5.32 Å². The average Bonchev–Trinajstić information content (AvgIpc) is 3.00. The summed E-state index contributed by atoms with van der Waals surface area (Å²) in [6.45, 7) is 0. The molecule has 2 amide bonds. The molecule has 0 unspecified atom stereocenters. The molecule has 0 aliphatic heterocycles. The third kappa shape index (κ3) is 5.35. The summed E-state index contributed by atoms with van der Waals surface area (Å²) < 4.78 is 0. The third-order valence-corrected chi connectivity index (χ3v) is 4.11. The zero-order valence-corrected chi connectivity index (χ0v) is 12.8. The van der Waals surface area contributed by atoms with Crippen molar-refractivity contribution in [2.24, 2.45) is 11.7 Å². The van der Waals surface area contributed by atoms with Gasteiger partial charge in [-0.25, -0.2) is 0 Å². The molecule has 1 saturated carbocycles. The number of nitrogens with two attached hydrogens (primary N) is 1. The Hall–Kier alpha value is -2.10. The molecule has 0 radical (unpaired) electrons. The second-order valence-corrected chi connectivity index (χ2v) is 5.93. The molecule has 0 bridgehead atoms. The predicted molar refractivity (Wildman–Crippen MR) is 87.8 cm³/mol. The number of hydrogen-bond donors (Lipinski definition) is 2. The van der Waals surface area contributed by atoms with E-state index in [1.807, 2.05) is 42.5 Å². The fourth-order valence-electron chi connectivity index (χ4n) is 2.88. The van der Waals surface area contributed by atoms with Crippen molar-refractivity contribution in [3.8, 4) is 0 Å². The molecular formula is C18H24N2O2. The first kappa shape index (κ1) is 16.3. The monoisotopic (exact) mass is 300 g/mol. The first-order valence-electron chi connectivity index (χ1n) is 7.95. The van der Waals surface area contributed by atoms with Crippen molar-refractivity contribution in [2.45, 2.75) is 44.6 Å². The Morgan fingerprint density at radius 1 is 1.23 bits per heavy atom. The Morgan fingerprint density at radius 2 is 1.91 bits per heavy atom. The van der Waals surface area contributed by atoms with Crippen LogP contribution in [-0.2, 0) is 9.59 Å². The van der Waals surface area contributed by atoms with Gasteiger partial charge in [-0.3, -0.25) is 9.59 Å². The van der Waals surface area contributed by atoms with Gasteiger partial charge in [0.25, 0.3) is 0 Å². The van der Waals surface area contributed by atoms with Crippen molar-refractivity contribution < 1.29 is 9.59 Å². The van der Waals surface area contributed by atoms with Crippen LogP contribution in [0.2, 0.25) is 0 Å². The van der Waals surface area contributed by atoms with Gasteiger partial charge >= 0.3 is 0 Å². The average molecular weight is 300 g/mol. The highest BCUT2D eigenvalue weighted by Gasteiger charge is 2.21. The van der Waals surface area contributed by atoms with E-state index in [0.29, 0.717) is 18.8 Å². The maximum Gasteiger partial charge on any atom is 0.240 e. The van der Waals surface area contributed by atoms with E-state index in [2.05, 4.69) is 5.32 Å². The normalized spacial score (nSPS) is 16.7. The largest absolute Gasteiger partial charge is 0.368 e. The van der Waals surface area contributed by atoms with E-state index < -0.39 is 11.9 Å². The number of amides is 2. The van der Waals surface area contributed by atoms with Crippen LogP contribution >= 0.6 is 0 Å². The second-order valence-electron chi connectivity index (χ2n) is 5.93. The lowest BCUT2D eigenvalue weighted by molar-refractivity contribution is -0.127. The Balaban J connectivity index is 1.82. The summed E-state index contributed by atoms with van der Waals surface area (Å²) in [5, 5.41) is 2.76. The SMILES string of the molecule is NC(=O)[C@H](C/C=C/c1ccccc1)NC(=O)CC1CCCC1. The molecule has 2 rings (SSSR count). The van der Waals surface area contributed by atoms with Crippen LogP contribution in [0.5, 0.6) is 0 Å². The first-order valence-corrected chi connectivity index (χ1v) is 7.95. The first-order chi connectivity index (χ1) is 10.6. The minimum atomic E-state index is -0.631. The molecule has 0 heterocycles. The molecule has 4 heteroatoms. The summed E-state index contributed by atoms with van der Waals surface area (Å²) in [5.41, 5.74) is 6.44. The quantitative estimate of drug-likeness (QED) is 0.812. The van der Waals surface area contributed by atoms with Gasteiger partial charge in [0.2, 0.25) is 11.8 Å². The van der Waals surface area contributed by atoms with Crippen LogP contribution in [0, 0.1) is 5.92 Å². The van der Waals surface area contributed by atoms with E-state index in [1.165, 1.54) is 12.8 Å². The van der Waals surface area contributed by atoms with Gasteiger partial charge in [0.15, 0.2) is 0 Å². The van der Waals surface area contributed by atoms with Gasteiger partial charge in [-0.1, -0.05) is 55.3 Å². The number of primary amides is 1. The zero-order chi connectivity index (χ0) is 15.8. The van der Waals surface area contributed by atoms with Crippen molar-refractivity contribution >= 4 is 17.9 Å². The van der Waals surface area contributed by atoms with Gasteiger partial charge in [0.05, 0.1) is 0 Å². The molecule has 0 spiro atoms. The van der Waals surface area contributed by atoms with Crippen molar-refractivity contribution in [2.75, 3.05) is 0 Å². The van der Waals surface area contributed by atoms with Crippen LogP contribution in [0.3, 0.4) is 0 Å². The van der Waals surface area contributed by atoms with E-state index in [1.54, 1.807) is 0 Å². The summed E-state index contributed by atoms with van der Waals surface area (Å²) in [4.78, 5) is 23.5. The standard InChI is InChI=1S/C18H24N2O2/c19-18(22)16(12-6-11-14-7-2-1-3-8-14)20-17(21)13-15-9-4-5-10-15/h1-3,6-8,11,15-16H,4-5,9-10,12-13H2,(H2,19,22)(H,20,21)/b11-6+/t16-/m0/s1. The van der Waals surface area contributed by atoms with Crippen molar-refractivity contribution in [1.29, 1.82) is 0 Å². The topological polar surface area (TPSA) is 72.2 Å². The number of hydrogen-bond acceptors (Lipinski definition) is 2. The lowest BCUT2D eigenvalue weighted by Crippen LogP contribution is -2.44. The van der Waals surface area contributed by atoms with Gasteiger partial charge in [0.1, 0.15) is 6.04 Å². The third-order valence-electron chi connectivity index (χ3n) is 4.11. The molecule has 0 saturated heterocycles. The Morgan fingerprint density at radius 3 is 2.55 bits per heavy atom. The summed E-state index contributed by atoms with van der Waals surface area (Å²) in [6, 6.07) is 9.19. The highest BCUT2D eigenvalue weighted by atomic mass is 16.2. The summed E-state index contributed by atoms with van der Waals surface area (Å²) in [7, 11) is 0. The maximum absolute atomic E-state index is 12.0. The van der Waals surface area contributed by atoms with Gasteiger partial charge in [-0.2, -0.15) is 0 Å². The molecule has 1 fully saturated rings. The molecule has 1 aliphatic carbocycles. The summed E-state index contributed by atoms with van der Waals surface area (Å²) in [5.74, 6) is -0.0883. The minimum Gasteiger partial charge on any atom is -0.368 e. The highest BCUT2D eigenvalue weighted by Crippen LogP contribution is 2.27. The molecule has 22 heavy (non-hydrogen) atoms. The van der Waals surface area contributed by atoms with E-state index in [-0.39, 0.29) is 5.91 Å². The second kappa shape index (κ2) is 8.37. The summed E-state index contributed by atoms with van der Waals surface area (Å²) >= 11 is 0. The van der Waals surface area contributed by atoms with Crippen LogP contribution in [0.4, 0.5) is 0 Å². The van der Waals surface area contributed by atoms with Gasteiger partial charge in [-0.15, -0.1) is 0 Å². The number of carbonyl (C=O) groups is 2. The van der Waals surface area contributed by atoms with Crippen LogP contribution < -0.4 is 11.1 Å². The molecule has 1 aliphatic rings. The molecular weight excluding hydrogens is 276 g/mol. The van der Waals surface area contributed by atoms with Gasteiger partial charge in [-0.05, 0) is 30.7 Å². The van der Waals surface area contributed by atoms with Crippen LogP contribution in [0.15, 0.2) is 36.4 Å². The predicted octanol–water partition coefficient (Wildman–Crippen LogP) is 2.64. The van der Waals surface area contributed by atoms with Crippen molar-refractivity contribution in [3.05, 3.63) is 42.0 Å². The maximum atomic E-state index is 12.0. The van der Waals surface area contributed by atoms with E-state index in [4.69, 9.17) is 5.73 Å². The smallest absolute Gasteiger partial charge is 0.240 e.